The van der Waals surface area contributed by atoms with Crippen LogP contribution < -0.4 is 0 Å². The summed E-state index contributed by atoms with van der Waals surface area (Å²) in [5.74, 6) is -1.15. The number of carboxylic acid groups (broad SMARTS) is 1. The van der Waals surface area contributed by atoms with Crippen molar-refractivity contribution in [1.29, 1.82) is 0 Å². The zero-order chi connectivity index (χ0) is 11.6. The number of halogens is 4. The van der Waals surface area contributed by atoms with E-state index in [1.807, 2.05) is 0 Å². The fourth-order valence-electron chi connectivity index (χ4n) is 0.974. The van der Waals surface area contributed by atoms with Gasteiger partial charge in [0.25, 0.3) is 6.43 Å². The molecular weight excluding hydrogens is 295 g/mol. The monoisotopic (exact) mass is 299 g/mol. The summed E-state index contributed by atoms with van der Waals surface area (Å²) < 4.78 is 24.9. The van der Waals surface area contributed by atoms with Crippen molar-refractivity contribution in [1.82, 2.24) is 4.98 Å². The summed E-state index contributed by atoms with van der Waals surface area (Å²) in [6, 6.07) is 1.02. The summed E-state index contributed by atoms with van der Waals surface area (Å²) in [6.07, 6.45) is -3.17. The number of hydrogen-bond acceptors (Lipinski definition) is 2. The normalized spacial score (nSPS) is 10.7. The fraction of sp³-hybridized carbons (Fsp3) is 0.250. The zero-order valence-electron chi connectivity index (χ0n) is 7.18. The molecule has 1 heterocycles. The summed E-state index contributed by atoms with van der Waals surface area (Å²) in [5.41, 5.74) is -0.350. The van der Waals surface area contributed by atoms with Crippen LogP contribution in [0, 0.1) is 0 Å². The molecule has 0 saturated carbocycles. The topological polar surface area (TPSA) is 50.2 Å². The number of carboxylic acids is 1. The summed E-state index contributed by atoms with van der Waals surface area (Å²) >= 11 is 8.42. The number of carbonyl (C=O) groups is 1. The molecule has 0 bridgehead atoms. The van der Waals surface area contributed by atoms with Crippen LogP contribution in [0.1, 0.15) is 17.7 Å². The Morgan fingerprint density at radius 1 is 1.67 bits per heavy atom. The van der Waals surface area contributed by atoms with E-state index < -0.39 is 18.8 Å². The lowest BCUT2D eigenvalue weighted by Crippen LogP contribution is -2.04. The molecule has 0 unspecified atom stereocenters. The lowest BCUT2D eigenvalue weighted by molar-refractivity contribution is -0.136. The lowest BCUT2D eigenvalue weighted by atomic mass is 10.2. The molecule has 1 N–H and O–H groups in total. The van der Waals surface area contributed by atoms with E-state index >= 15 is 0 Å². The van der Waals surface area contributed by atoms with Gasteiger partial charge in [0, 0.05) is 5.56 Å². The molecule has 0 atom stereocenters. The van der Waals surface area contributed by atoms with Gasteiger partial charge in [-0.15, -0.1) is 0 Å². The van der Waals surface area contributed by atoms with Crippen molar-refractivity contribution in [2.75, 3.05) is 0 Å². The molecule has 0 saturated heterocycles. The first kappa shape index (κ1) is 12.3. The van der Waals surface area contributed by atoms with E-state index in [4.69, 9.17) is 16.7 Å². The molecule has 0 aliphatic rings. The van der Waals surface area contributed by atoms with Crippen molar-refractivity contribution in [3.8, 4) is 0 Å². The molecule has 0 amide bonds. The average molecular weight is 300 g/mol. The zero-order valence-corrected chi connectivity index (χ0v) is 9.52. The quantitative estimate of drug-likeness (QED) is 0.873. The molecule has 7 heteroatoms. The number of pyridine rings is 1. The van der Waals surface area contributed by atoms with Crippen LogP contribution in [0.25, 0.3) is 0 Å². The lowest BCUT2D eigenvalue weighted by Gasteiger charge is -2.06. The maximum Gasteiger partial charge on any atom is 0.309 e. The minimum atomic E-state index is -2.73. The number of rotatable bonds is 3. The van der Waals surface area contributed by atoms with Crippen LogP contribution in [-0.4, -0.2) is 16.1 Å². The molecule has 0 aromatic carbocycles. The number of hydrogen-bond donors (Lipinski definition) is 1. The molecule has 0 spiro atoms. The molecule has 1 rings (SSSR count). The van der Waals surface area contributed by atoms with Crippen molar-refractivity contribution in [3.05, 3.63) is 26.9 Å². The standard InChI is InChI=1S/C8H5BrClF2NO2/c9-6-4(8(11)12)1-3(2-5(14)15)13-7(6)10/h1,8H,2H2,(H,14,15). The van der Waals surface area contributed by atoms with Crippen LogP contribution in [0.4, 0.5) is 8.78 Å². The molecular formula is C8H5BrClF2NO2. The van der Waals surface area contributed by atoms with Crippen molar-refractivity contribution in [2.45, 2.75) is 12.8 Å². The van der Waals surface area contributed by atoms with Crippen LogP contribution in [0.2, 0.25) is 5.15 Å². The number of nitrogens with zero attached hydrogens (tertiary/aromatic N) is 1. The third-order valence-electron chi connectivity index (χ3n) is 1.57. The molecule has 0 radical (unpaired) electrons. The predicted molar refractivity (Wildman–Crippen MR) is 53.2 cm³/mol. The second-order valence-corrected chi connectivity index (χ2v) is 3.83. The second kappa shape index (κ2) is 4.85. The molecule has 0 aliphatic heterocycles. The molecule has 0 fully saturated rings. The van der Waals surface area contributed by atoms with Crippen LogP contribution in [0.5, 0.6) is 0 Å². The van der Waals surface area contributed by atoms with Crippen LogP contribution >= 0.6 is 27.5 Å². The Morgan fingerprint density at radius 3 is 2.73 bits per heavy atom. The van der Waals surface area contributed by atoms with E-state index in [0.717, 1.165) is 6.07 Å². The Labute approximate surface area is 97.2 Å². The third kappa shape index (κ3) is 3.10. The molecule has 15 heavy (non-hydrogen) atoms. The van der Waals surface area contributed by atoms with E-state index in [1.165, 1.54) is 0 Å². The Bertz CT molecular complexity index is 400. The van der Waals surface area contributed by atoms with E-state index in [2.05, 4.69) is 20.9 Å². The van der Waals surface area contributed by atoms with Gasteiger partial charge >= 0.3 is 5.97 Å². The Kier molecular flexibility index (Phi) is 3.98. The molecule has 0 aliphatic carbocycles. The van der Waals surface area contributed by atoms with Gasteiger partial charge < -0.3 is 5.11 Å². The van der Waals surface area contributed by atoms with Gasteiger partial charge in [0.15, 0.2) is 0 Å². The van der Waals surface area contributed by atoms with E-state index in [-0.39, 0.29) is 20.9 Å². The summed E-state index contributed by atoms with van der Waals surface area (Å²) in [7, 11) is 0. The van der Waals surface area contributed by atoms with Crippen molar-refractivity contribution in [2.24, 2.45) is 0 Å². The first-order chi connectivity index (χ1) is 6.91. The maximum absolute atomic E-state index is 12.5. The predicted octanol–water partition coefficient (Wildman–Crippen LogP) is 3.06. The van der Waals surface area contributed by atoms with E-state index in [9.17, 15) is 13.6 Å². The minimum absolute atomic E-state index is 0.00556. The fourth-order valence-corrected chi connectivity index (χ4v) is 1.57. The Balaban J connectivity index is 3.17. The largest absolute Gasteiger partial charge is 0.481 e. The van der Waals surface area contributed by atoms with Crippen LogP contribution in [-0.2, 0) is 11.2 Å². The van der Waals surface area contributed by atoms with Gasteiger partial charge in [-0.3, -0.25) is 4.79 Å². The van der Waals surface area contributed by atoms with Gasteiger partial charge in [-0.2, -0.15) is 0 Å². The summed E-state index contributed by atoms with van der Waals surface area (Å²) in [5, 5.41) is 8.31. The first-order valence-electron chi connectivity index (χ1n) is 3.76. The smallest absolute Gasteiger partial charge is 0.309 e. The average Bonchev–Trinajstić information content (AvgIpc) is 2.09. The minimum Gasteiger partial charge on any atom is -0.481 e. The van der Waals surface area contributed by atoms with Crippen LogP contribution in [0.15, 0.2) is 10.5 Å². The van der Waals surface area contributed by atoms with Crippen LogP contribution in [0.3, 0.4) is 0 Å². The number of alkyl halides is 2. The Morgan fingerprint density at radius 2 is 2.27 bits per heavy atom. The van der Waals surface area contributed by atoms with Gasteiger partial charge in [0.1, 0.15) is 5.15 Å². The molecule has 1 aromatic rings. The van der Waals surface area contributed by atoms with Crippen molar-refractivity contribution in [3.63, 3.8) is 0 Å². The highest BCUT2D eigenvalue weighted by atomic mass is 79.9. The molecule has 82 valence electrons. The number of aliphatic carboxylic acids is 1. The van der Waals surface area contributed by atoms with Crippen molar-refractivity contribution >= 4 is 33.5 Å². The highest BCUT2D eigenvalue weighted by Crippen LogP contribution is 2.32. The highest BCUT2D eigenvalue weighted by Gasteiger charge is 2.17. The number of aromatic nitrogens is 1. The van der Waals surface area contributed by atoms with Gasteiger partial charge in [0.05, 0.1) is 16.6 Å². The van der Waals surface area contributed by atoms with Gasteiger partial charge in [-0.1, -0.05) is 11.6 Å². The van der Waals surface area contributed by atoms with Gasteiger partial charge in [-0.25, -0.2) is 13.8 Å². The highest BCUT2D eigenvalue weighted by molar-refractivity contribution is 9.10. The maximum atomic E-state index is 12.5. The van der Waals surface area contributed by atoms with E-state index in [0.29, 0.717) is 0 Å². The van der Waals surface area contributed by atoms with Gasteiger partial charge in [0.2, 0.25) is 0 Å². The summed E-state index contributed by atoms with van der Waals surface area (Å²) in [6.45, 7) is 0. The second-order valence-electron chi connectivity index (χ2n) is 2.68. The van der Waals surface area contributed by atoms with E-state index in [1.54, 1.807) is 0 Å². The molecule has 1 aromatic heterocycles. The Hall–Kier alpha value is -0.750. The first-order valence-corrected chi connectivity index (χ1v) is 4.93. The SMILES string of the molecule is O=C(O)Cc1cc(C(F)F)c(Br)c(Cl)n1. The van der Waals surface area contributed by atoms with Crippen molar-refractivity contribution < 1.29 is 18.7 Å². The molecule has 3 nitrogen and oxygen atoms in total. The third-order valence-corrected chi connectivity index (χ3v) is 2.90. The van der Waals surface area contributed by atoms with Gasteiger partial charge in [-0.05, 0) is 22.0 Å². The summed E-state index contributed by atoms with van der Waals surface area (Å²) in [4.78, 5) is 14.0.